The Bertz CT molecular complexity index is 895. The second-order valence-electron chi connectivity index (χ2n) is 5.43. The average molecular weight is 335 g/mol. The van der Waals surface area contributed by atoms with Crippen molar-refractivity contribution in [1.29, 1.82) is 0 Å². The molecule has 5 heteroatoms. The second kappa shape index (κ2) is 7.05. The number of rotatable bonds is 4. The van der Waals surface area contributed by atoms with E-state index in [9.17, 15) is 9.90 Å². The van der Waals surface area contributed by atoms with Crippen molar-refractivity contribution in [1.82, 2.24) is 0 Å². The number of hydrogen-bond donors (Lipinski definition) is 1. The molecule has 1 N–H and O–H groups in total. The molecule has 2 aromatic rings. The number of nitrogens with zero attached hydrogens (tertiary/aromatic N) is 1. The normalized spacial score (nSPS) is 15.3. The molecule has 0 aliphatic carbocycles. The fraction of sp³-hybridized carbons (Fsp3) is 0.100. The number of carbonyl (C=O) groups excluding carboxylic acids is 1. The summed E-state index contributed by atoms with van der Waals surface area (Å²) in [4.78, 5) is 16.0. The lowest BCUT2D eigenvalue weighted by Gasteiger charge is -2.06. The van der Waals surface area contributed by atoms with Gasteiger partial charge in [0.2, 0.25) is 0 Å². The van der Waals surface area contributed by atoms with Gasteiger partial charge in [0.1, 0.15) is 22.8 Å². The molecule has 3 rings (SSSR count). The molecule has 0 fully saturated rings. The Hall–Kier alpha value is -3.34. The van der Waals surface area contributed by atoms with Crippen LogP contribution in [0.15, 0.2) is 76.6 Å². The van der Waals surface area contributed by atoms with Gasteiger partial charge in [0.15, 0.2) is 5.76 Å². The number of ether oxygens (including phenoxy) is 2. The van der Waals surface area contributed by atoms with Crippen LogP contribution in [0.1, 0.15) is 12.5 Å². The first-order valence-electron chi connectivity index (χ1n) is 7.70. The van der Waals surface area contributed by atoms with Gasteiger partial charge in [-0.15, -0.1) is 0 Å². The molecule has 1 aliphatic heterocycles. The van der Waals surface area contributed by atoms with Crippen LogP contribution in [0.2, 0.25) is 0 Å². The van der Waals surface area contributed by atoms with E-state index in [1.165, 1.54) is 7.11 Å². The standard InChI is InChI=1S/C20H17NO4/c1-13-18(20(23)24-2)19(22)17(21-13)12-14-7-6-10-16(11-14)25-15-8-4-3-5-9-15/h3-12,22H,1-2H3. The quantitative estimate of drug-likeness (QED) is 0.847. The third-order valence-electron chi connectivity index (χ3n) is 3.66. The molecular weight excluding hydrogens is 318 g/mol. The summed E-state index contributed by atoms with van der Waals surface area (Å²) in [7, 11) is 1.27. The molecule has 5 nitrogen and oxygen atoms in total. The minimum atomic E-state index is -0.608. The fourth-order valence-electron chi connectivity index (χ4n) is 2.49. The maximum absolute atomic E-state index is 11.7. The summed E-state index contributed by atoms with van der Waals surface area (Å²) in [6, 6.07) is 16.8. The van der Waals surface area contributed by atoms with E-state index in [0.717, 1.165) is 11.3 Å². The Morgan fingerprint density at radius 3 is 2.52 bits per heavy atom. The van der Waals surface area contributed by atoms with E-state index in [2.05, 4.69) is 9.73 Å². The van der Waals surface area contributed by atoms with Crippen molar-refractivity contribution in [2.45, 2.75) is 6.92 Å². The third kappa shape index (κ3) is 3.61. The molecule has 0 aromatic heterocycles. The Morgan fingerprint density at radius 2 is 1.80 bits per heavy atom. The maximum atomic E-state index is 11.7. The topological polar surface area (TPSA) is 68.1 Å². The van der Waals surface area contributed by atoms with E-state index >= 15 is 0 Å². The van der Waals surface area contributed by atoms with E-state index in [0.29, 0.717) is 17.2 Å². The summed E-state index contributed by atoms with van der Waals surface area (Å²) in [5.74, 6) is 0.607. The molecule has 0 bridgehead atoms. The van der Waals surface area contributed by atoms with Crippen LogP contribution in [0.5, 0.6) is 11.5 Å². The summed E-state index contributed by atoms with van der Waals surface area (Å²) in [6.45, 7) is 1.65. The summed E-state index contributed by atoms with van der Waals surface area (Å²) in [5.41, 5.74) is 1.62. The molecule has 0 amide bonds. The van der Waals surface area contributed by atoms with Gasteiger partial charge in [0.05, 0.1) is 12.8 Å². The number of carbonyl (C=O) groups is 1. The molecule has 0 unspecified atom stereocenters. The first-order valence-corrected chi connectivity index (χ1v) is 7.70. The molecule has 0 saturated heterocycles. The summed E-state index contributed by atoms with van der Waals surface area (Å²) in [5, 5.41) is 10.3. The molecule has 0 atom stereocenters. The molecule has 25 heavy (non-hydrogen) atoms. The smallest absolute Gasteiger partial charge is 0.343 e. The molecule has 1 aliphatic rings. The zero-order valence-electron chi connectivity index (χ0n) is 13.9. The van der Waals surface area contributed by atoms with Crippen LogP contribution in [0.25, 0.3) is 6.08 Å². The third-order valence-corrected chi connectivity index (χ3v) is 3.66. The van der Waals surface area contributed by atoms with Gasteiger partial charge in [-0.1, -0.05) is 30.3 Å². The zero-order valence-corrected chi connectivity index (χ0v) is 13.9. The molecule has 0 spiro atoms. The van der Waals surface area contributed by atoms with Gasteiger partial charge < -0.3 is 14.6 Å². The largest absolute Gasteiger partial charge is 0.505 e. The van der Waals surface area contributed by atoms with Crippen molar-refractivity contribution in [3.05, 3.63) is 77.2 Å². The van der Waals surface area contributed by atoms with E-state index in [4.69, 9.17) is 4.74 Å². The highest BCUT2D eigenvalue weighted by Gasteiger charge is 2.27. The average Bonchev–Trinajstić information content (AvgIpc) is 2.89. The highest BCUT2D eigenvalue weighted by atomic mass is 16.5. The van der Waals surface area contributed by atoms with Crippen LogP contribution in [0, 0.1) is 0 Å². The number of aliphatic imine (C=N–C) groups is 1. The van der Waals surface area contributed by atoms with Crippen LogP contribution in [0.3, 0.4) is 0 Å². The van der Waals surface area contributed by atoms with Crippen LogP contribution in [-0.2, 0) is 9.53 Å². The molecule has 1 heterocycles. The predicted octanol–water partition coefficient (Wildman–Crippen LogP) is 4.28. The van der Waals surface area contributed by atoms with Gasteiger partial charge in [-0.3, -0.25) is 0 Å². The lowest BCUT2D eigenvalue weighted by Crippen LogP contribution is -2.11. The van der Waals surface area contributed by atoms with Gasteiger partial charge in [-0.2, -0.15) is 0 Å². The fourth-order valence-corrected chi connectivity index (χ4v) is 2.49. The van der Waals surface area contributed by atoms with Crippen molar-refractivity contribution < 1.29 is 19.4 Å². The Balaban J connectivity index is 1.88. The first-order chi connectivity index (χ1) is 12.1. The maximum Gasteiger partial charge on any atom is 0.343 e. The van der Waals surface area contributed by atoms with Gasteiger partial charge >= 0.3 is 5.97 Å². The Kier molecular flexibility index (Phi) is 4.66. The number of aliphatic hydroxyl groups excluding tert-OH is 1. The SMILES string of the molecule is COC(=O)C1=C(O)C(=Cc2cccc(Oc3ccccc3)c2)N=C1C. The van der Waals surface area contributed by atoms with Crippen molar-refractivity contribution in [2.75, 3.05) is 7.11 Å². The number of benzene rings is 2. The summed E-state index contributed by atoms with van der Waals surface area (Å²) in [6.07, 6.45) is 1.69. The highest BCUT2D eigenvalue weighted by Crippen LogP contribution is 2.28. The first kappa shape index (κ1) is 16.5. The van der Waals surface area contributed by atoms with Crippen LogP contribution >= 0.6 is 0 Å². The molecule has 126 valence electrons. The number of aliphatic hydroxyl groups is 1. The van der Waals surface area contributed by atoms with Crippen molar-refractivity contribution in [3.63, 3.8) is 0 Å². The Labute approximate surface area is 145 Å². The van der Waals surface area contributed by atoms with Crippen LogP contribution in [-0.4, -0.2) is 23.9 Å². The predicted molar refractivity (Wildman–Crippen MR) is 95.7 cm³/mol. The number of methoxy groups -OCH3 is 1. The van der Waals surface area contributed by atoms with Crippen LogP contribution < -0.4 is 4.74 Å². The van der Waals surface area contributed by atoms with Crippen molar-refractivity contribution in [2.24, 2.45) is 4.99 Å². The van der Waals surface area contributed by atoms with E-state index in [1.807, 2.05) is 54.6 Å². The summed E-state index contributed by atoms with van der Waals surface area (Å²) >= 11 is 0. The van der Waals surface area contributed by atoms with Crippen LogP contribution in [0.4, 0.5) is 0 Å². The monoisotopic (exact) mass is 335 g/mol. The van der Waals surface area contributed by atoms with E-state index in [-0.39, 0.29) is 11.3 Å². The van der Waals surface area contributed by atoms with Gasteiger partial charge in [0.25, 0.3) is 0 Å². The van der Waals surface area contributed by atoms with E-state index in [1.54, 1.807) is 13.0 Å². The van der Waals surface area contributed by atoms with Crippen molar-refractivity contribution in [3.8, 4) is 11.5 Å². The summed E-state index contributed by atoms with van der Waals surface area (Å²) < 4.78 is 10.5. The molecule has 2 aromatic carbocycles. The number of para-hydroxylation sites is 1. The molecule has 0 saturated carbocycles. The van der Waals surface area contributed by atoms with Gasteiger partial charge in [-0.25, -0.2) is 9.79 Å². The van der Waals surface area contributed by atoms with Crippen molar-refractivity contribution >= 4 is 17.8 Å². The highest BCUT2D eigenvalue weighted by molar-refractivity contribution is 6.21. The van der Waals surface area contributed by atoms with Gasteiger partial charge in [-0.05, 0) is 42.8 Å². The molecular formula is C20H17NO4. The number of hydrogen-bond acceptors (Lipinski definition) is 5. The van der Waals surface area contributed by atoms with E-state index < -0.39 is 5.97 Å². The minimum absolute atomic E-state index is 0.0884. The lowest BCUT2D eigenvalue weighted by molar-refractivity contribution is -0.135. The number of esters is 1. The van der Waals surface area contributed by atoms with Gasteiger partial charge in [0, 0.05) is 0 Å². The second-order valence-corrected chi connectivity index (χ2v) is 5.43. The lowest BCUT2D eigenvalue weighted by atomic mass is 10.1. The Morgan fingerprint density at radius 1 is 1.08 bits per heavy atom. The zero-order chi connectivity index (χ0) is 17.8. The molecule has 0 radical (unpaired) electrons. The minimum Gasteiger partial charge on any atom is -0.505 e.